The van der Waals surface area contributed by atoms with E-state index < -0.39 is 5.41 Å². The molecule has 2 aliphatic carbocycles. The van der Waals surface area contributed by atoms with E-state index in [1.54, 1.807) is 13.0 Å². The number of carbonyl (C=O) groups is 1. The Labute approximate surface area is 111 Å². The second kappa shape index (κ2) is 3.60. The molecule has 3 rings (SSSR count). The predicted molar refractivity (Wildman–Crippen MR) is 73.2 cm³/mol. The van der Waals surface area contributed by atoms with Crippen molar-refractivity contribution in [3.63, 3.8) is 0 Å². The Hall–Kier alpha value is -1.78. The van der Waals surface area contributed by atoms with Crippen LogP contribution < -0.4 is 0 Å². The quantitative estimate of drug-likeness (QED) is 0.649. The van der Waals surface area contributed by atoms with Crippen LogP contribution in [-0.2, 0) is 11.2 Å². The highest BCUT2D eigenvalue weighted by atomic mass is 35.5. The third-order valence-electron chi connectivity index (χ3n) is 3.70. The van der Waals surface area contributed by atoms with Gasteiger partial charge in [0.15, 0.2) is 5.78 Å². The lowest BCUT2D eigenvalue weighted by molar-refractivity contribution is -0.111. The first-order valence-electron chi connectivity index (χ1n) is 5.79. The number of allylic oxidation sites excluding steroid dienone is 4. The first-order chi connectivity index (χ1) is 8.57. The van der Waals surface area contributed by atoms with Crippen molar-refractivity contribution in [1.29, 1.82) is 0 Å². The van der Waals surface area contributed by atoms with Crippen molar-refractivity contribution in [2.75, 3.05) is 0 Å². The summed E-state index contributed by atoms with van der Waals surface area (Å²) in [5, 5.41) is 0.664. The van der Waals surface area contributed by atoms with Crippen molar-refractivity contribution < 1.29 is 4.79 Å². The second-order valence-corrected chi connectivity index (χ2v) is 5.22. The van der Waals surface area contributed by atoms with Crippen LogP contribution in [0.1, 0.15) is 18.1 Å². The fourth-order valence-electron chi connectivity index (χ4n) is 2.82. The molecule has 1 nitrogen and oxygen atoms in total. The molecule has 0 aliphatic heterocycles. The molecule has 2 heteroatoms. The van der Waals surface area contributed by atoms with Gasteiger partial charge in [0.05, 0.1) is 5.41 Å². The minimum atomic E-state index is -0.495. The van der Waals surface area contributed by atoms with Gasteiger partial charge in [-0.05, 0) is 42.2 Å². The molecule has 1 aromatic carbocycles. The van der Waals surface area contributed by atoms with Crippen LogP contribution in [0, 0.1) is 17.8 Å². The van der Waals surface area contributed by atoms with Crippen molar-refractivity contribution in [2.24, 2.45) is 5.41 Å². The molecule has 0 amide bonds. The average Bonchev–Trinajstić information content (AvgIpc) is 2.65. The van der Waals surface area contributed by atoms with Crippen LogP contribution in [0.4, 0.5) is 0 Å². The molecule has 0 radical (unpaired) electrons. The van der Waals surface area contributed by atoms with Crippen LogP contribution >= 0.6 is 11.6 Å². The first-order valence-corrected chi connectivity index (χ1v) is 6.17. The molecule has 0 N–H and O–H groups in total. The maximum atomic E-state index is 11.9. The number of ketones is 1. The Bertz CT molecular complexity index is 673. The zero-order valence-electron chi connectivity index (χ0n) is 9.96. The van der Waals surface area contributed by atoms with Crippen LogP contribution in [0.5, 0.6) is 0 Å². The molecular weight excluding hydrogens is 244 g/mol. The molecule has 0 aromatic heterocycles. The molecule has 0 heterocycles. The maximum absolute atomic E-state index is 11.9. The van der Waals surface area contributed by atoms with E-state index in [1.165, 1.54) is 0 Å². The number of hydrogen-bond donors (Lipinski definition) is 0. The minimum Gasteiger partial charge on any atom is -0.290 e. The zero-order valence-corrected chi connectivity index (χ0v) is 10.7. The van der Waals surface area contributed by atoms with E-state index in [-0.39, 0.29) is 5.78 Å². The molecule has 0 fully saturated rings. The number of rotatable bonds is 0. The first kappa shape index (κ1) is 11.3. The highest BCUT2D eigenvalue weighted by Crippen LogP contribution is 2.51. The number of benzene rings is 1. The summed E-state index contributed by atoms with van der Waals surface area (Å²) in [5.74, 6) is 2.87. The molecule has 1 unspecified atom stereocenters. The smallest absolute Gasteiger partial charge is 0.181 e. The lowest BCUT2D eigenvalue weighted by Gasteiger charge is -2.25. The molecule has 0 spiro atoms. The molecule has 0 saturated carbocycles. The van der Waals surface area contributed by atoms with Gasteiger partial charge in [-0.2, -0.15) is 0 Å². The lowest BCUT2D eigenvalue weighted by atomic mass is 9.76. The van der Waals surface area contributed by atoms with Crippen LogP contribution in [-0.4, -0.2) is 5.78 Å². The number of halogens is 1. The summed E-state index contributed by atoms with van der Waals surface area (Å²) >= 11 is 6.25. The van der Waals surface area contributed by atoms with Gasteiger partial charge in [-0.15, -0.1) is 6.42 Å². The van der Waals surface area contributed by atoms with Gasteiger partial charge in [0.25, 0.3) is 0 Å². The standard InChI is InChI=1S/C16H11ClO/c1-3-16-8-10(2)14(18)7-12(16)15-11(9-16)5-4-6-13(15)17/h1,4-8H,9H2,2H3. The van der Waals surface area contributed by atoms with Gasteiger partial charge in [0.2, 0.25) is 0 Å². The largest absolute Gasteiger partial charge is 0.290 e. The summed E-state index contributed by atoms with van der Waals surface area (Å²) in [6, 6.07) is 5.78. The Morgan fingerprint density at radius 1 is 1.44 bits per heavy atom. The van der Waals surface area contributed by atoms with Crippen molar-refractivity contribution >= 4 is 23.0 Å². The molecule has 18 heavy (non-hydrogen) atoms. The Kier molecular flexibility index (Phi) is 2.27. The SMILES string of the molecule is C#CC12C=C(C)C(=O)C=C1c1c(Cl)cccc1C2. The molecule has 0 saturated heterocycles. The van der Waals surface area contributed by atoms with Gasteiger partial charge in [-0.25, -0.2) is 0 Å². The minimum absolute atomic E-state index is 0.0173. The van der Waals surface area contributed by atoms with Gasteiger partial charge in [-0.1, -0.05) is 35.7 Å². The molecule has 1 atom stereocenters. The lowest BCUT2D eigenvalue weighted by Crippen LogP contribution is -2.21. The summed E-state index contributed by atoms with van der Waals surface area (Å²) in [6.07, 6.45) is 9.99. The second-order valence-electron chi connectivity index (χ2n) is 4.82. The fourth-order valence-corrected chi connectivity index (χ4v) is 3.12. The van der Waals surface area contributed by atoms with Crippen LogP contribution in [0.15, 0.2) is 35.9 Å². The van der Waals surface area contributed by atoms with Crippen LogP contribution in [0.3, 0.4) is 0 Å². The van der Waals surface area contributed by atoms with Crippen molar-refractivity contribution in [3.05, 3.63) is 52.1 Å². The molecule has 88 valence electrons. The summed E-state index contributed by atoms with van der Waals surface area (Å²) in [7, 11) is 0. The third kappa shape index (κ3) is 1.33. The fraction of sp³-hybridized carbons (Fsp3) is 0.188. The van der Waals surface area contributed by atoms with Crippen molar-refractivity contribution in [2.45, 2.75) is 13.3 Å². The summed E-state index contributed by atoms with van der Waals surface area (Å²) < 4.78 is 0. The van der Waals surface area contributed by atoms with E-state index in [0.717, 1.165) is 23.1 Å². The van der Waals surface area contributed by atoms with E-state index in [0.29, 0.717) is 10.6 Å². The molecular formula is C16H11ClO. The van der Waals surface area contributed by atoms with E-state index in [1.807, 2.05) is 24.3 Å². The number of hydrogen-bond acceptors (Lipinski definition) is 1. The number of carbonyl (C=O) groups excluding carboxylic acids is 1. The van der Waals surface area contributed by atoms with Gasteiger partial charge in [0.1, 0.15) is 0 Å². The van der Waals surface area contributed by atoms with Gasteiger partial charge < -0.3 is 0 Å². The van der Waals surface area contributed by atoms with E-state index in [4.69, 9.17) is 18.0 Å². The van der Waals surface area contributed by atoms with Gasteiger partial charge in [0, 0.05) is 10.6 Å². The highest BCUT2D eigenvalue weighted by molar-refractivity contribution is 6.33. The summed E-state index contributed by atoms with van der Waals surface area (Å²) in [5.41, 5.74) is 3.15. The van der Waals surface area contributed by atoms with E-state index >= 15 is 0 Å². The predicted octanol–water partition coefficient (Wildman–Crippen LogP) is 3.43. The number of terminal acetylenes is 1. The van der Waals surface area contributed by atoms with Gasteiger partial charge in [-0.3, -0.25) is 4.79 Å². The van der Waals surface area contributed by atoms with Crippen LogP contribution in [0.2, 0.25) is 5.02 Å². The van der Waals surface area contributed by atoms with E-state index in [9.17, 15) is 4.79 Å². The highest BCUT2D eigenvalue weighted by Gasteiger charge is 2.42. The van der Waals surface area contributed by atoms with Crippen LogP contribution in [0.25, 0.3) is 5.57 Å². The molecule has 1 aromatic rings. The summed E-state index contributed by atoms with van der Waals surface area (Å²) in [6.45, 7) is 1.80. The van der Waals surface area contributed by atoms with E-state index in [2.05, 4.69) is 5.92 Å². The summed E-state index contributed by atoms with van der Waals surface area (Å²) in [4.78, 5) is 11.9. The molecule has 0 bridgehead atoms. The maximum Gasteiger partial charge on any atom is 0.181 e. The third-order valence-corrected chi connectivity index (χ3v) is 4.02. The number of fused-ring (bicyclic) bond motifs is 3. The Morgan fingerprint density at radius 2 is 2.22 bits per heavy atom. The Balaban J connectivity index is 2.31. The normalized spacial score (nSPS) is 24.8. The monoisotopic (exact) mass is 254 g/mol. The average molecular weight is 255 g/mol. The van der Waals surface area contributed by atoms with Crippen molar-refractivity contribution in [3.8, 4) is 12.3 Å². The topological polar surface area (TPSA) is 17.1 Å². The van der Waals surface area contributed by atoms with Gasteiger partial charge >= 0.3 is 0 Å². The van der Waals surface area contributed by atoms with Crippen molar-refractivity contribution in [1.82, 2.24) is 0 Å². The zero-order chi connectivity index (χ0) is 12.9. The molecule has 2 aliphatic rings. The Morgan fingerprint density at radius 3 is 2.94 bits per heavy atom.